The Kier molecular flexibility index (Phi) is 5.26. The third-order valence-corrected chi connectivity index (χ3v) is 4.75. The van der Waals surface area contributed by atoms with Crippen molar-refractivity contribution in [2.24, 2.45) is 0 Å². The van der Waals surface area contributed by atoms with Crippen LogP contribution in [0.3, 0.4) is 0 Å². The average Bonchev–Trinajstić information content (AvgIpc) is 3.13. The van der Waals surface area contributed by atoms with E-state index in [4.69, 9.17) is 11.6 Å². The van der Waals surface area contributed by atoms with Gasteiger partial charge in [-0.2, -0.15) is 0 Å². The van der Waals surface area contributed by atoms with E-state index < -0.39 is 0 Å². The SMILES string of the molecule is O=C(Nc1ccc(Cl)cc1)c1cc(NCCc2c[nH]c3ccccc23)ccn1. The zero-order valence-corrected chi connectivity index (χ0v) is 15.8. The van der Waals surface area contributed by atoms with Gasteiger partial charge in [0.1, 0.15) is 5.69 Å². The second-order valence-electron chi connectivity index (χ2n) is 6.43. The number of anilines is 2. The van der Waals surface area contributed by atoms with Gasteiger partial charge in [-0.15, -0.1) is 0 Å². The van der Waals surface area contributed by atoms with E-state index in [-0.39, 0.29) is 5.91 Å². The minimum Gasteiger partial charge on any atom is -0.385 e. The summed E-state index contributed by atoms with van der Waals surface area (Å²) in [6.07, 6.45) is 4.55. The van der Waals surface area contributed by atoms with Crippen LogP contribution in [0.2, 0.25) is 5.02 Å². The number of carbonyl (C=O) groups excluding carboxylic acids is 1. The number of fused-ring (bicyclic) bond motifs is 1. The van der Waals surface area contributed by atoms with Crippen molar-refractivity contribution < 1.29 is 4.79 Å². The standard InChI is InChI=1S/C22H19ClN4O/c23-16-5-7-17(8-6-16)27-22(28)21-13-18(10-12-25-21)24-11-9-15-14-26-20-4-2-1-3-19(15)20/h1-8,10,12-14,26H,9,11H2,(H,24,25)(H,27,28). The molecular weight excluding hydrogens is 372 g/mol. The molecule has 2 aromatic carbocycles. The lowest BCUT2D eigenvalue weighted by Gasteiger charge is -2.08. The summed E-state index contributed by atoms with van der Waals surface area (Å²) in [6.45, 7) is 0.754. The van der Waals surface area contributed by atoms with Crippen LogP contribution in [0.5, 0.6) is 0 Å². The lowest BCUT2D eigenvalue weighted by atomic mass is 10.1. The lowest BCUT2D eigenvalue weighted by Crippen LogP contribution is -2.14. The first-order chi connectivity index (χ1) is 13.7. The second-order valence-corrected chi connectivity index (χ2v) is 6.86. The molecule has 6 heteroatoms. The van der Waals surface area contributed by atoms with Gasteiger partial charge in [0.25, 0.3) is 5.91 Å². The number of hydrogen-bond acceptors (Lipinski definition) is 3. The predicted molar refractivity (Wildman–Crippen MR) is 114 cm³/mol. The maximum absolute atomic E-state index is 12.4. The van der Waals surface area contributed by atoms with E-state index in [9.17, 15) is 4.79 Å². The highest BCUT2D eigenvalue weighted by Crippen LogP contribution is 2.19. The molecule has 0 aliphatic rings. The number of halogens is 1. The summed E-state index contributed by atoms with van der Waals surface area (Å²) in [7, 11) is 0. The van der Waals surface area contributed by atoms with E-state index >= 15 is 0 Å². The Labute approximate surface area is 167 Å². The summed E-state index contributed by atoms with van der Waals surface area (Å²) in [4.78, 5) is 19.9. The van der Waals surface area contributed by atoms with Crippen LogP contribution in [0.4, 0.5) is 11.4 Å². The van der Waals surface area contributed by atoms with Crippen LogP contribution in [-0.4, -0.2) is 22.4 Å². The second kappa shape index (κ2) is 8.15. The third kappa shape index (κ3) is 4.15. The van der Waals surface area contributed by atoms with E-state index in [1.165, 1.54) is 10.9 Å². The molecule has 2 heterocycles. The van der Waals surface area contributed by atoms with Gasteiger partial charge in [-0.1, -0.05) is 29.8 Å². The van der Waals surface area contributed by atoms with E-state index in [0.29, 0.717) is 16.4 Å². The van der Waals surface area contributed by atoms with Gasteiger partial charge in [0.15, 0.2) is 0 Å². The van der Waals surface area contributed by atoms with Gasteiger partial charge in [-0.25, -0.2) is 0 Å². The van der Waals surface area contributed by atoms with Crippen molar-refractivity contribution in [1.29, 1.82) is 0 Å². The largest absolute Gasteiger partial charge is 0.385 e. The van der Waals surface area contributed by atoms with E-state index in [0.717, 1.165) is 24.2 Å². The summed E-state index contributed by atoms with van der Waals surface area (Å²) >= 11 is 5.87. The summed E-state index contributed by atoms with van der Waals surface area (Å²) in [6, 6.07) is 18.8. The number of amides is 1. The van der Waals surface area contributed by atoms with Crippen molar-refractivity contribution in [3.05, 3.63) is 89.3 Å². The molecular formula is C22H19ClN4O. The first-order valence-corrected chi connectivity index (χ1v) is 9.39. The zero-order valence-electron chi connectivity index (χ0n) is 15.1. The molecule has 4 rings (SSSR count). The maximum Gasteiger partial charge on any atom is 0.274 e. The molecule has 5 nitrogen and oxygen atoms in total. The van der Waals surface area contributed by atoms with Crippen LogP contribution in [0.25, 0.3) is 10.9 Å². The van der Waals surface area contributed by atoms with Crippen molar-refractivity contribution in [3.8, 4) is 0 Å². The van der Waals surface area contributed by atoms with Crippen molar-refractivity contribution in [3.63, 3.8) is 0 Å². The molecule has 0 saturated heterocycles. The third-order valence-electron chi connectivity index (χ3n) is 4.49. The van der Waals surface area contributed by atoms with Gasteiger partial charge in [-0.05, 0) is 54.4 Å². The van der Waals surface area contributed by atoms with Crippen LogP contribution in [0.1, 0.15) is 16.1 Å². The van der Waals surface area contributed by atoms with Crippen LogP contribution >= 0.6 is 11.6 Å². The smallest absolute Gasteiger partial charge is 0.274 e. The summed E-state index contributed by atoms with van der Waals surface area (Å²) in [5.74, 6) is -0.261. The van der Waals surface area contributed by atoms with Crippen LogP contribution in [0, 0.1) is 0 Å². The number of benzene rings is 2. The number of nitrogens with one attached hydrogen (secondary N) is 3. The number of nitrogens with zero attached hydrogens (tertiary/aromatic N) is 1. The number of rotatable bonds is 6. The van der Waals surface area contributed by atoms with Gasteiger partial charge in [0.05, 0.1) is 0 Å². The minimum absolute atomic E-state index is 0.261. The van der Waals surface area contributed by atoms with Crippen LogP contribution in [-0.2, 0) is 6.42 Å². The van der Waals surface area contributed by atoms with Crippen LogP contribution < -0.4 is 10.6 Å². The molecule has 0 aliphatic heterocycles. The van der Waals surface area contributed by atoms with Crippen molar-refractivity contribution in [1.82, 2.24) is 9.97 Å². The molecule has 0 saturated carbocycles. The highest BCUT2D eigenvalue weighted by molar-refractivity contribution is 6.30. The van der Waals surface area contributed by atoms with E-state index in [1.54, 1.807) is 36.5 Å². The summed E-state index contributed by atoms with van der Waals surface area (Å²) < 4.78 is 0. The number of pyridine rings is 1. The Hall–Kier alpha value is -3.31. The lowest BCUT2D eigenvalue weighted by molar-refractivity contribution is 0.102. The van der Waals surface area contributed by atoms with Gasteiger partial charge in [0, 0.05) is 46.2 Å². The molecule has 0 bridgehead atoms. The fourth-order valence-corrected chi connectivity index (χ4v) is 3.20. The summed E-state index contributed by atoms with van der Waals surface area (Å²) in [5, 5.41) is 8.04. The van der Waals surface area contributed by atoms with Gasteiger partial charge in [0.2, 0.25) is 0 Å². The fraction of sp³-hybridized carbons (Fsp3) is 0.0909. The number of aromatic nitrogens is 2. The first-order valence-electron chi connectivity index (χ1n) is 9.01. The molecule has 0 radical (unpaired) electrons. The summed E-state index contributed by atoms with van der Waals surface area (Å²) in [5.41, 5.74) is 4.29. The molecule has 0 fully saturated rings. The Bertz CT molecular complexity index is 1100. The zero-order chi connectivity index (χ0) is 19.3. The minimum atomic E-state index is -0.261. The van der Waals surface area contributed by atoms with Crippen molar-refractivity contribution in [2.45, 2.75) is 6.42 Å². The Morgan fingerprint density at radius 3 is 2.71 bits per heavy atom. The van der Waals surface area contributed by atoms with Gasteiger partial charge < -0.3 is 15.6 Å². The topological polar surface area (TPSA) is 69.8 Å². The Morgan fingerprint density at radius 2 is 1.86 bits per heavy atom. The highest BCUT2D eigenvalue weighted by atomic mass is 35.5. The number of H-pyrrole nitrogens is 1. The van der Waals surface area contributed by atoms with Gasteiger partial charge >= 0.3 is 0 Å². The number of aromatic amines is 1. The molecule has 0 unspecified atom stereocenters. The molecule has 28 heavy (non-hydrogen) atoms. The maximum atomic E-state index is 12.4. The average molecular weight is 391 g/mol. The van der Waals surface area contributed by atoms with Gasteiger partial charge in [-0.3, -0.25) is 9.78 Å². The quantitative estimate of drug-likeness (QED) is 0.427. The molecule has 0 aliphatic carbocycles. The van der Waals surface area contributed by atoms with Crippen molar-refractivity contribution in [2.75, 3.05) is 17.2 Å². The molecule has 0 atom stereocenters. The Balaban J connectivity index is 1.38. The van der Waals surface area contributed by atoms with E-state index in [1.807, 2.05) is 24.4 Å². The molecule has 4 aromatic rings. The molecule has 3 N–H and O–H groups in total. The normalized spacial score (nSPS) is 10.8. The molecule has 0 spiro atoms. The molecule has 140 valence electrons. The van der Waals surface area contributed by atoms with Crippen LogP contribution in [0.15, 0.2) is 73.1 Å². The van der Waals surface area contributed by atoms with Crippen molar-refractivity contribution >= 4 is 39.8 Å². The Morgan fingerprint density at radius 1 is 1.04 bits per heavy atom. The highest BCUT2D eigenvalue weighted by Gasteiger charge is 2.09. The monoisotopic (exact) mass is 390 g/mol. The molecule has 2 aromatic heterocycles. The number of carbonyl (C=O) groups is 1. The first kappa shape index (κ1) is 18.1. The molecule has 1 amide bonds. The number of hydrogen-bond donors (Lipinski definition) is 3. The predicted octanol–water partition coefficient (Wildman–Crippen LogP) is 5.12. The fourth-order valence-electron chi connectivity index (χ4n) is 3.07. The number of para-hydroxylation sites is 1. The van der Waals surface area contributed by atoms with E-state index in [2.05, 4.69) is 32.7 Å².